The maximum atomic E-state index is 12.2. The molecule has 1 aliphatic heterocycles. The molecule has 150 valence electrons. The van der Waals surface area contributed by atoms with E-state index in [-0.39, 0.29) is 11.3 Å². The highest BCUT2D eigenvalue weighted by atomic mass is 32.2. The number of fused-ring (bicyclic) bond motifs is 4. The van der Waals surface area contributed by atoms with E-state index in [0.29, 0.717) is 12.5 Å². The average molecular weight is 425 g/mol. The lowest BCUT2D eigenvalue weighted by Crippen LogP contribution is -2.56. The van der Waals surface area contributed by atoms with Gasteiger partial charge in [0.15, 0.2) is 4.34 Å². The first-order chi connectivity index (χ1) is 14.0. The van der Waals surface area contributed by atoms with Crippen molar-refractivity contribution >= 4 is 39.2 Å². The van der Waals surface area contributed by atoms with E-state index < -0.39 is 0 Å². The third-order valence-electron chi connectivity index (χ3n) is 6.61. The highest BCUT2D eigenvalue weighted by Gasteiger charge is 2.46. The van der Waals surface area contributed by atoms with Crippen molar-refractivity contribution in [3.63, 3.8) is 0 Å². The fourth-order valence-corrected chi connectivity index (χ4v) is 7.12. The van der Waals surface area contributed by atoms with Crippen molar-refractivity contribution in [2.75, 3.05) is 14.2 Å². The zero-order valence-electron chi connectivity index (χ0n) is 16.9. The lowest BCUT2D eigenvalue weighted by molar-refractivity contribution is -0.138. The summed E-state index contributed by atoms with van der Waals surface area (Å²) in [6.07, 6.45) is 3.66. The van der Waals surface area contributed by atoms with Crippen LogP contribution in [0.1, 0.15) is 37.3 Å². The molecule has 1 amide bonds. The van der Waals surface area contributed by atoms with Gasteiger partial charge in [0, 0.05) is 29.8 Å². The Kier molecular flexibility index (Phi) is 4.59. The van der Waals surface area contributed by atoms with Crippen molar-refractivity contribution in [1.82, 2.24) is 9.88 Å². The summed E-state index contributed by atoms with van der Waals surface area (Å²) < 4.78 is 7.53. The molecular weight excluding hydrogens is 400 g/mol. The Balaban J connectivity index is 1.44. The summed E-state index contributed by atoms with van der Waals surface area (Å²) in [6.45, 7) is 2.34. The highest BCUT2D eigenvalue weighted by Crippen LogP contribution is 2.47. The normalized spacial score (nSPS) is 23.8. The lowest BCUT2D eigenvalue weighted by Gasteiger charge is -2.50. The second kappa shape index (κ2) is 7.03. The average Bonchev–Trinajstić information content (AvgIpc) is 3.12. The quantitative estimate of drug-likeness (QED) is 0.574. The molecule has 0 radical (unpaired) electrons. The van der Waals surface area contributed by atoms with Crippen molar-refractivity contribution < 1.29 is 9.53 Å². The Morgan fingerprint density at radius 2 is 2.10 bits per heavy atom. The Morgan fingerprint density at radius 3 is 2.93 bits per heavy atom. The van der Waals surface area contributed by atoms with E-state index in [2.05, 4.69) is 25.1 Å². The molecule has 2 atom stereocenters. The molecule has 0 bridgehead atoms. The van der Waals surface area contributed by atoms with E-state index in [4.69, 9.17) is 9.72 Å². The van der Waals surface area contributed by atoms with Gasteiger partial charge in [0.2, 0.25) is 5.91 Å². The Bertz CT molecular complexity index is 1110. The number of likely N-dealkylation sites (N-methyl/N-ethyl adjacent to an activating group) is 1. The largest absolute Gasteiger partial charge is 0.497 e. The number of thiazole rings is 1. The third kappa shape index (κ3) is 3.13. The topological polar surface area (TPSA) is 42.4 Å². The molecule has 2 aliphatic rings. The standard InChI is InChI=1S/C23H24N2O2S2/c1-23-11-10-21(26)25(2)20(23)9-4-14-12-16(6-7-17(14)23)28-22-24-18-8-5-15(27-3)13-19(18)29-22/h5-8,12-13,20H,4,9-11H2,1-3H3/t20-,23-/m1/s1. The van der Waals surface area contributed by atoms with Crippen LogP contribution in [0.25, 0.3) is 10.2 Å². The number of aromatic nitrogens is 1. The van der Waals surface area contributed by atoms with Gasteiger partial charge < -0.3 is 9.64 Å². The number of hydrogen-bond donors (Lipinski definition) is 0. The molecule has 0 unspecified atom stereocenters. The van der Waals surface area contributed by atoms with Crippen LogP contribution in [0, 0.1) is 0 Å². The van der Waals surface area contributed by atoms with Gasteiger partial charge in [-0.2, -0.15) is 0 Å². The molecular formula is C23H24N2O2S2. The van der Waals surface area contributed by atoms with Gasteiger partial charge in [-0.1, -0.05) is 24.8 Å². The molecule has 3 aromatic rings. The molecule has 0 N–H and O–H groups in total. The number of carbonyl (C=O) groups excluding carboxylic acids is 1. The monoisotopic (exact) mass is 424 g/mol. The van der Waals surface area contributed by atoms with E-state index in [1.54, 1.807) is 30.2 Å². The number of carbonyl (C=O) groups is 1. The number of nitrogens with zero attached hydrogens (tertiary/aromatic N) is 2. The van der Waals surface area contributed by atoms with E-state index in [0.717, 1.165) is 39.6 Å². The minimum Gasteiger partial charge on any atom is -0.497 e. The molecule has 29 heavy (non-hydrogen) atoms. The van der Waals surface area contributed by atoms with E-state index >= 15 is 0 Å². The van der Waals surface area contributed by atoms with Crippen LogP contribution >= 0.6 is 23.1 Å². The van der Waals surface area contributed by atoms with Gasteiger partial charge in [0.05, 0.1) is 17.3 Å². The van der Waals surface area contributed by atoms with Gasteiger partial charge in [-0.05, 0) is 60.7 Å². The first-order valence-electron chi connectivity index (χ1n) is 9.99. The van der Waals surface area contributed by atoms with Gasteiger partial charge in [-0.25, -0.2) is 4.98 Å². The number of benzene rings is 2. The third-order valence-corrected chi connectivity index (χ3v) is 8.68. The number of aryl methyl sites for hydroxylation is 1. The van der Waals surface area contributed by atoms with Gasteiger partial charge in [0.25, 0.3) is 0 Å². The Hall–Kier alpha value is -2.05. The number of rotatable bonds is 3. The van der Waals surface area contributed by atoms with Crippen LogP contribution < -0.4 is 4.74 Å². The van der Waals surface area contributed by atoms with Gasteiger partial charge in [-0.3, -0.25) is 4.79 Å². The molecule has 0 saturated carbocycles. The van der Waals surface area contributed by atoms with Gasteiger partial charge in [0.1, 0.15) is 5.75 Å². The summed E-state index contributed by atoms with van der Waals surface area (Å²) in [5.41, 5.74) is 3.93. The maximum Gasteiger partial charge on any atom is 0.222 e. The fraction of sp³-hybridized carbons (Fsp3) is 0.391. The second-order valence-corrected chi connectivity index (χ2v) is 10.6. The fourth-order valence-electron chi connectivity index (χ4n) is 4.98. The molecule has 1 saturated heterocycles. The van der Waals surface area contributed by atoms with Crippen LogP contribution in [-0.4, -0.2) is 36.0 Å². The van der Waals surface area contributed by atoms with Crippen LogP contribution in [0.5, 0.6) is 5.75 Å². The highest BCUT2D eigenvalue weighted by molar-refractivity contribution is 8.01. The molecule has 6 heteroatoms. The maximum absolute atomic E-state index is 12.2. The van der Waals surface area contributed by atoms with Crippen molar-refractivity contribution in [2.45, 2.75) is 53.3 Å². The van der Waals surface area contributed by atoms with Gasteiger partial charge >= 0.3 is 0 Å². The first-order valence-corrected chi connectivity index (χ1v) is 11.6. The van der Waals surface area contributed by atoms with E-state index in [1.807, 2.05) is 30.1 Å². The van der Waals surface area contributed by atoms with Gasteiger partial charge in [-0.15, -0.1) is 11.3 Å². The minimum atomic E-state index is 0.0614. The van der Waals surface area contributed by atoms with Crippen molar-refractivity contribution in [1.29, 1.82) is 0 Å². The lowest BCUT2D eigenvalue weighted by atomic mass is 9.63. The van der Waals surface area contributed by atoms with Crippen LogP contribution in [0.3, 0.4) is 0 Å². The molecule has 2 heterocycles. The SMILES string of the molecule is COc1ccc2nc(Sc3ccc4c(c3)CC[C@H]3N(C)C(=O)CC[C@]43C)sc2c1. The summed E-state index contributed by atoms with van der Waals surface area (Å²) in [5, 5.41) is 0. The van der Waals surface area contributed by atoms with Crippen LogP contribution in [0.15, 0.2) is 45.6 Å². The number of amides is 1. The summed E-state index contributed by atoms with van der Waals surface area (Å²) in [6, 6.07) is 13.2. The molecule has 1 fully saturated rings. The zero-order chi connectivity index (χ0) is 20.2. The predicted octanol–water partition coefficient (Wildman–Crippen LogP) is 5.28. The smallest absolute Gasteiger partial charge is 0.222 e. The van der Waals surface area contributed by atoms with Crippen LogP contribution in [0.4, 0.5) is 0 Å². The summed E-state index contributed by atoms with van der Waals surface area (Å²) in [7, 11) is 3.66. The van der Waals surface area contributed by atoms with Crippen LogP contribution in [0.2, 0.25) is 0 Å². The van der Waals surface area contributed by atoms with Crippen LogP contribution in [-0.2, 0) is 16.6 Å². The Morgan fingerprint density at radius 1 is 1.24 bits per heavy atom. The van der Waals surface area contributed by atoms with Crippen molar-refractivity contribution in [2.24, 2.45) is 0 Å². The summed E-state index contributed by atoms with van der Waals surface area (Å²) in [5.74, 6) is 1.15. The second-order valence-electron chi connectivity index (χ2n) is 8.21. The number of ether oxygens (including phenoxy) is 1. The van der Waals surface area contributed by atoms with E-state index in [1.165, 1.54) is 16.0 Å². The number of hydrogen-bond acceptors (Lipinski definition) is 5. The number of piperidine rings is 1. The molecule has 1 aromatic heterocycles. The summed E-state index contributed by atoms with van der Waals surface area (Å²) >= 11 is 3.44. The minimum absolute atomic E-state index is 0.0614. The first kappa shape index (κ1) is 18.9. The summed E-state index contributed by atoms with van der Waals surface area (Å²) in [4.78, 5) is 20.2. The van der Waals surface area contributed by atoms with Crippen molar-refractivity contribution in [3.8, 4) is 5.75 Å². The molecule has 4 nitrogen and oxygen atoms in total. The molecule has 0 spiro atoms. The molecule has 5 rings (SSSR count). The predicted molar refractivity (Wildman–Crippen MR) is 118 cm³/mol. The molecule has 2 aromatic carbocycles. The van der Waals surface area contributed by atoms with Crippen molar-refractivity contribution in [3.05, 3.63) is 47.5 Å². The number of likely N-dealkylation sites (tertiary alicyclic amines) is 1. The zero-order valence-corrected chi connectivity index (χ0v) is 18.5. The van der Waals surface area contributed by atoms with E-state index in [9.17, 15) is 4.79 Å². The molecule has 1 aliphatic carbocycles. The number of methoxy groups -OCH3 is 1. The Labute approximate surface area is 179 Å².